The molecule has 0 fully saturated rings. The van der Waals surface area contributed by atoms with E-state index in [1.807, 2.05) is 61.5 Å². The number of carbonyl (C=O) groups is 1. The number of hydrogen-bond donors (Lipinski definition) is 1. The third kappa shape index (κ3) is 4.20. The van der Waals surface area contributed by atoms with E-state index in [0.717, 1.165) is 27.5 Å². The Morgan fingerprint density at radius 2 is 1.62 bits per heavy atom. The number of rotatable bonds is 4. The number of aryl methyl sites for hydroxylation is 1. The van der Waals surface area contributed by atoms with E-state index in [2.05, 4.69) is 5.32 Å². The van der Waals surface area contributed by atoms with E-state index < -0.39 is 16.1 Å². The maximum Gasteiger partial charge on any atom is 0.244 e. The minimum Gasteiger partial charge on any atom is -0.324 e. The monoisotopic (exact) mass is 490 g/mol. The molecule has 5 rings (SSSR count). The number of anilines is 1. The highest BCUT2D eigenvalue weighted by Crippen LogP contribution is 2.31. The van der Waals surface area contributed by atoms with Crippen LogP contribution in [-0.2, 0) is 27.8 Å². The first-order valence-electron chi connectivity index (χ1n) is 11.0. The van der Waals surface area contributed by atoms with Crippen LogP contribution in [0.3, 0.4) is 0 Å². The minimum atomic E-state index is -3.95. The normalized spacial score (nSPS) is 16.2. The number of amides is 1. The molecule has 1 atom stereocenters. The number of carbonyl (C=O) groups excluding carboxylic acids is 1. The van der Waals surface area contributed by atoms with Gasteiger partial charge in [-0.05, 0) is 65.1 Å². The molecule has 1 aliphatic rings. The largest absolute Gasteiger partial charge is 0.324 e. The van der Waals surface area contributed by atoms with Gasteiger partial charge in [-0.15, -0.1) is 0 Å². The first-order valence-corrected chi connectivity index (χ1v) is 12.8. The van der Waals surface area contributed by atoms with Crippen molar-refractivity contribution in [2.24, 2.45) is 0 Å². The van der Waals surface area contributed by atoms with Crippen LogP contribution in [0.15, 0.2) is 89.8 Å². The number of fused-ring (bicyclic) bond motifs is 2. The zero-order valence-electron chi connectivity index (χ0n) is 18.5. The molecular weight excluding hydrogens is 468 g/mol. The highest BCUT2D eigenvalue weighted by Gasteiger charge is 2.39. The Kier molecular flexibility index (Phi) is 5.90. The van der Waals surface area contributed by atoms with Crippen LogP contribution < -0.4 is 5.32 Å². The zero-order chi connectivity index (χ0) is 23.9. The van der Waals surface area contributed by atoms with Crippen LogP contribution in [0, 0.1) is 6.92 Å². The van der Waals surface area contributed by atoms with Crippen LogP contribution in [0.2, 0.25) is 5.02 Å². The quantitative estimate of drug-likeness (QED) is 0.407. The molecule has 0 aliphatic carbocycles. The number of benzene rings is 4. The van der Waals surface area contributed by atoms with E-state index in [-0.39, 0.29) is 23.8 Å². The summed E-state index contributed by atoms with van der Waals surface area (Å²) in [6.07, 6.45) is 0.286. The molecule has 1 N–H and O–H groups in total. The lowest BCUT2D eigenvalue weighted by Crippen LogP contribution is -2.50. The van der Waals surface area contributed by atoms with Crippen molar-refractivity contribution in [3.8, 4) is 0 Å². The lowest BCUT2D eigenvalue weighted by Gasteiger charge is -2.35. The molecule has 5 nitrogen and oxygen atoms in total. The van der Waals surface area contributed by atoms with Crippen molar-refractivity contribution < 1.29 is 13.2 Å². The van der Waals surface area contributed by atoms with Crippen LogP contribution in [0.5, 0.6) is 0 Å². The molecular formula is C27H23ClN2O3S. The van der Waals surface area contributed by atoms with Gasteiger partial charge in [-0.3, -0.25) is 4.79 Å². The molecule has 1 aliphatic heterocycles. The second-order valence-corrected chi connectivity index (χ2v) is 10.8. The summed E-state index contributed by atoms with van der Waals surface area (Å²) in [5.41, 5.74) is 3.28. The van der Waals surface area contributed by atoms with Crippen molar-refractivity contribution >= 4 is 44.0 Å². The molecule has 0 radical (unpaired) electrons. The van der Waals surface area contributed by atoms with Gasteiger partial charge in [0.25, 0.3) is 0 Å². The summed E-state index contributed by atoms with van der Waals surface area (Å²) in [5.74, 6) is -0.385. The molecule has 1 heterocycles. The van der Waals surface area contributed by atoms with Gasteiger partial charge >= 0.3 is 0 Å². The van der Waals surface area contributed by atoms with Gasteiger partial charge in [0.05, 0.1) is 4.90 Å². The summed E-state index contributed by atoms with van der Waals surface area (Å²) in [5, 5.41) is 5.19. The Bertz CT molecular complexity index is 1520. The smallest absolute Gasteiger partial charge is 0.244 e. The molecule has 0 bridgehead atoms. The van der Waals surface area contributed by atoms with Gasteiger partial charge < -0.3 is 5.32 Å². The van der Waals surface area contributed by atoms with Gasteiger partial charge in [-0.25, -0.2) is 8.42 Å². The van der Waals surface area contributed by atoms with Crippen molar-refractivity contribution in [1.82, 2.24) is 4.31 Å². The van der Waals surface area contributed by atoms with Gasteiger partial charge in [0, 0.05) is 17.3 Å². The molecule has 172 valence electrons. The van der Waals surface area contributed by atoms with Crippen molar-refractivity contribution in [1.29, 1.82) is 0 Å². The van der Waals surface area contributed by atoms with E-state index >= 15 is 0 Å². The average molecular weight is 491 g/mol. The molecule has 4 aromatic carbocycles. The van der Waals surface area contributed by atoms with Crippen molar-refractivity contribution in [2.75, 3.05) is 5.32 Å². The third-order valence-corrected chi connectivity index (χ3v) is 8.38. The van der Waals surface area contributed by atoms with Crippen LogP contribution in [-0.4, -0.2) is 24.7 Å². The lowest BCUT2D eigenvalue weighted by molar-refractivity contribution is -0.120. The van der Waals surface area contributed by atoms with E-state index in [4.69, 9.17) is 11.6 Å². The molecule has 0 unspecified atom stereocenters. The van der Waals surface area contributed by atoms with Gasteiger partial charge in [-0.1, -0.05) is 72.3 Å². The fourth-order valence-corrected chi connectivity index (χ4v) is 6.16. The molecule has 0 spiro atoms. The Hall–Kier alpha value is -3.19. The van der Waals surface area contributed by atoms with E-state index in [1.165, 1.54) is 4.31 Å². The fraction of sp³-hybridized carbons (Fsp3) is 0.148. The van der Waals surface area contributed by atoms with Crippen LogP contribution in [0.4, 0.5) is 5.69 Å². The van der Waals surface area contributed by atoms with E-state index in [1.54, 1.807) is 30.3 Å². The summed E-state index contributed by atoms with van der Waals surface area (Å²) in [6, 6.07) is 24.7. The topological polar surface area (TPSA) is 66.5 Å². The molecule has 4 aromatic rings. The Balaban J connectivity index is 1.55. The highest BCUT2D eigenvalue weighted by atomic mass is 35.5. The highest BCUT2D eigenvalue weighted by molar-refractivity contribution is 7.89. The number of sulfonamides is 1. The summed E-state index contributed by atoms with van der Waals surface area (Å²) < 4.78 is 29.0. The van der Waals surface area contributed by atoms with Crippen molar-refractivity contribution in [3.63, 3.8) is 0 Å². The first-order chi connectivity index (χ1) is 16.3. The standard InChI is InChI=1S/C27H23ClN2O3S/c1-18-10-12-23(28)16-25(18)29-27(31)26-15-21-8-4-5-9-22(21)17-30(26)34(32,33)24-13-11-19-6-2-3-7-20(19)14-24/h2-14,16,26H,15,17H2,1H3,(H,29,31)/t26-/m1/s1. The SMILES string of the molecule is Cc1ccc(Cl)cc1NC(=O)[C@H]1Cc2ccccc2CN1S(=O)(=O)c1ccc2ccccc2c1. The number of hydrogen-bond acceptors (Lipinski definition) is 3. The summed E-state index contributed by atoms with van der Waals surface area (Å²) in [7, 11) is -3.95. The zero-order valence-corrected chi connectivity index (χ0v) is 20.1. The van der Waals surface area contributed by atoms with Crippen LogP contribution in [0.1, 0.15) is 16.7 Å². The maximum absolute atomic E-state index is 13.9. The minimum absolute atomic E-state index is 0.123. The second-order valence-electron chi connectivity index (χ2n) is 8.50. The summed E-state index contributed by atoms with van der Waals surface area (Å²) in [4.78, 5) is 13.7. The van der Waals surface area contributed by atoms with E-state index in [0.29, 0.717) is 10.7 Å². The van der Waals surface area contributed by atoms with Crippen LogP contribution >= 0.6 is 11.6 Å². The Morgan fingerprint density at radius 1 is 0.912 bits per heavy atom. The fourth-order valence-electron chi connectivity index (χ4n) is 4.38. The Morgan fingerprint density at radius 3 is 2.41 bits per heavy atom. The number of nitrogens with zero attached hydrogens (tertiary/aromatic N) is 1. The summed E-state index contributed by atoms with van der Waals surface area (Å²) >= 11 is 6.12. The van der Waals surface area contributed by atoms with E-state index in [9.17, 15) is 13.2 Å². The van der Waals surface area contributed by atoms with Crippen molar-refractivity contribution in [3.05, 3.63) is 107 Å². The number of nitrogens with one attached hydrogen (secondary N) is 1. The van der Waals surface area contributed by atoms with Crippen LogP contribution in [0.25, 0.3) is 10.8 Å². The molecule has 0 saturated carbocycles. The lowest BCUT2D eigenvalue weighted by atomic mass is 9.95. The molecule has 7 heteroatoms. The number of halogens is 1. The van der Waals surface area contributed by atoms with Crippen molar-refractivity contribution in [2.45, 2.75) is 30.8 Å². The Labute approximate surface area is 204 Å². The maximum atomic E-state index is 13.9. The van der Waals surface area contributed by atoms with Gasteiger partial charge in [-0.2, -0.15) is 4.31 Å². The third-order valence-electron chi connectivity index (χ3n) is 6.29. The average Bonchev–Trinajstić information content (AvgIpc) is 2.85. The molecule has 34 heavy (non-hydrogen) atoms. The molecule has 0 aromatic heterocycles. The second kappa shape index (κ2) is 8.87. The molecule has 0 saturated heterocycles. The predicted octanol–water partition coefficient (Wildman–Crippen LogP) is 5.56. The predicted molar refractivity (Wildman–Crippen MR) is 135 cm³/mol. The van der Waals surface area contributed by atoms with Gasteiger partial charge in [0.1, 0.15) is 6.04 Å². The van der Waals surface area contributed by atoms with Gasteiger partial charge in [0.15, 0.2) is 0 Å². The first kappa shape index (κ1) is 22.6. The van der Waals surface area contributed by atoms with Gasteiger partial charge in [0.2, 0.25) is 15.9 Å². The molecule has 1 amide bonds. The summed E-state index contributed by atoms with van der Waals surface area (Å²) in [6.45, 7) is 1.99.